The minimum atomic E-state index is -0.657. The van der Waals surface area contributed by atoms with Gasteiger partial charge in [-0.25, -0.2) is 0 Å². The van der Waals surface area contributed by atoms with Crippen molar-refractivity contribution in [2.24, 2.45) is 5.92 Å². The van der Waals surface area contributed by atoms with Crippen molar-refractivity contribution in [1.29, 1.82) is 0 Å². The van der Waals surface area contributed by atoms with Crippen LogP contribution in [-0.2, 0) is 6.54 Å². The summed E-state index contributed by atoms with van der Waals surface area (Å²) in [7, 11) is 1.67. The first-order valence-electron chi connectivity index (χ1n) is 6.49. The minimum Gasteiger partial charge on any atom is -0.496 e. The third-order valence-corrected chi connectivity index (χ3v) is 2.86. The van der Waals surface area contributed by atoms with E-state index >= 15 is 0 Å². The molecule has 0 aliphatic heterocycles. The van der Waals surface area contributed by atoms with Crippen molar-refractivity contribution < 1.29 is 9.84 Å². The molecule has 0 amide bonds. The molecule has 1 rings (SSSR count). The van der Waals surface area contributed by atoms with Crippen LogP contribution in [0.15, 0.2) is 24.3 Å². The van der Waals surface area contributed by atoms with Gasteiger partial charge in [-0.2, -0.15) is 0 Å². The number of hydrogen-bond acceptors (Lipinski definition) is 3. The molecule has 1 aromatic rings. The summed E-state index contributed by atoms with van der Waals surface area (Å²) in [6.07, 6.45) is 0.798. The van der Waals surface area contributed by atoms with E-state index in [4.69, 9.17) is 4.74 Å². The lowest BCUT2D eigenvalue weighted by Gasteiger charge is -2.25. The van der Waals surface area contributed by atoms with E-state index in [0.717, 1.165) is 17.7 Å². The van der Waals surface area contributed by atoms with Crippen molar-refractivity contribution >= 4 is 0 Å². The van der Waals surface area contributed by atoms with Crippen molar-refractivity contribution in [3.63, 3.8) is 0 Å². The van der Waals surface area contributed by atoms with E-state index in [1.807, 2.05) is 31.2 Å². The lowest BCUT2D eigenvalue weighted by molar-refractivity contribution is 0.0383. The fourth-order valence-corrected chi connectivity index (χ4v) is 2.27. The Morgan fingerprint density at radius 3 is 2.61 bits per heavy atom. The summed E-state index contributed by atoms with van der Waals surface area (Å²) >= 11 is 0. The second kappa shape index (κ2) is 6.76. The maximum atomic E-state index is 10.2. The molecule has 0 radical (unpaired) electrons. The number of aliphatic hydroxyl groups is 1. The van der Waals surface area contributed by atoms with Crippen molar-refractivity contribution in [3.05, 3.63) is 29.8 Å². The van der Waals surface area contributed by atoms with Gasteiger partial charge >= 0.3 is 0 Å². The average molecular weight is 251 g/mol. The Hall–Kier alpha value is -1.06. The molecule has 1 aromatic carbocycles. The van der Waals surface area contributed by atoms with Crippen LogP contribution < -0.4 is 10.1 Å². The first-order chi connectivity index (χ1) is 8.44. The topological polar surface area (TPSA) is 41.5 Å². The zero-order valence-electron chi connectivity index (χ0n) is 11.9. The highest BCUT2D eigenvalue weighted by atomic mass is 16.5. The highest BCUT2D eigenvalue weighted by Gasteiger charge is 2.21. The smallest absolute Gasteiger partial charge is 0.123 e. The molecule has 18 heavy (non-hydrogen) atoms. The number of hydrogen-bond donors (Lipinski definition) is 2. The molecule has 3 heteroatoms. The SMILES string of the molecule is COc1ccccc1CNCC(C)(O)CC(C)C. The Morgan fingerprint density at radius 1 is 1.33 bits per heavy atom. The van der Waals surface area contributed by atoms with Gasteiger partial charge in [0.1, 0.15) is 5.75 Å². The quantitative estimate of drug-likeness (QED) is 0.782. The van der Waals surface area contributed by atoms with E-state index in [1.54, 1.807) is 7.11 Å². The second-order valence-electron chi connectivity index (χ2n) is 5.51. The molecule has 3 nitrogen and oxygen atoms in total. The molecule has 0 saturated heterocycles. The number of para-hydroxylation sites is 1. The van der Waals surface area contributed by atoms with Gasteiger partial charge < -0.3 is 15.2 Å². The molecule has 0 spiro atoms. The van der Waals surface area contributed by atoms with Crippen LogP contribution in [0.25, 0.3) is 0 Å². The maximum Gasteiger partial charge on any atom is 0.123 e. The van der Waals surface area contributed by atoms with Crippen LogP contribution in [0.4, 0.5) is 0 Å². The van der Waals surface area contributed by atoms with Crippen LogP contribution in [0.2, 0.25) is 0 Å². The van der Waals surface area contributed by atoms with Gasteiger partial charge in [0.2, 0.25) is 0 Å². The molecule has 1 unspecified atom stereocenters. The van der Waals surface area contributed by atoms with Crippen LogP contribution in [0.3, 0.4) is 0 Å². The molecule has 0 bridgehead atoms. The number of benzene rings is 1. The van der Waals surface area contributed by atoms with Crippen molar-refractivity contribution in [2.75, 3.05) is 13.7 Å². The van der Waals surface area contributed by atoms with Gasteiger partial charge in [-0.1, -0.05) is 32.0 Å². The number of rotatable bonds is 7. The molecule has 0 heterocycles. The van der Waals surface area contributed by atoms with E-state index in [-0.39, 0.29) is 0 Å². The Balaban J connectivity index is 2.46. The van der Waals surface area contributed by atoms with Gasteiger partial charge in [0.25, 0.3) is 0 Å². The van der Waals surface area contributed by atoms with Gasteiger partial charge in [-0.05, 0) is 25.3 Å². The fourth-order valence-electron chi connectivity index (χ4n) is 2.27. The summed E-state index contributed by atoms with van der Waals surface area (Å²) in [5.41, 5.74) is 0.455. The molecule has 1 atom stereocenters. The molecular formula is C15H25NO2. The van der Waals surface area contributed by atoms with E-state index in [0.29, 0.717) is 19.0 Å². The van der Waals surface area contributed by atoms with E-state index < -0.39 is 5.60 Å². The Kier molecular flexibility index (Phi) is 5.63. The van der Waals surface area contributed by atoms with Crippen LogP contribution in [0, 0.1) is 5.92 Å². The summed E-state index contributed by atoms with van der Waals surface area (Å²) < 4.78 is 5.29. The molecule has 0 aliphatic carbocycles. The Morgan fingerprint density at radius 2 is 2.00 bits per heavy atom. The molecule has 0 fully saturated rings. The zero-order valence-corrected chi connectivity index (χ0v) is 11.9. The van der Waals surface area contributed by atoms with Crippen LogP contribution >= 0.6 is 0 Å². The van der Waals surface area contributed by atoms with Crippen LogP contribution in [-0.4, -0.2) is 24.4 Å². The molecule has 0 saturated carbocycles. The van der Waals surface area contributed by atoms with Gasteiger partial charge in [-0.15, -0.1) is 0 Å². The Bertz CT molecular complexity index is 361. The standard InChI is InChI=1S/C15H25NO2/c1-12(2)9-15(3,17)11-16-10-13-7-5-6-8-14(13)18-4/h5-8,12,16-17H,9-11H2,1-4H3. The maximum absolute atomic E-state index is 10.2. The summed E-state index contributed by atoms with van der Waals surface area (Å²) in [6, 6.07) is 7.93. The monoisotopic (exact) mass is 251 g/mol. The van der Waals surface area contributed by atoms with Crippen LogP contribution in [0.5, 0.6) is 5.75 Å². The third kappa shape index (κ3) is 5.07. The lowest BCUT2D eigenvalue weighted by atomic mass is 9.94. The molecule has 0 aliphatic rings. The van der Waals surface area contributed by atoms with Gasteiger partial charge in [0.05, 0.1) is 12.7 Å². The summed E-state index contributed by atoms with van der Waals surface area (Å²) in [5.74, 6) is 1.38. The van der Waals surface area contributed by atoms with Gasteiger partial charge in [-0.3, -0.25) is 0 Å². The predicted molar refractivity (Wildman–Crippen MR) is 74.8 cm³/mol. The average Bonchev–Trinajstić information content (AvgIpc) is 2.27. The second-order valence-corrected chi connectivity index (χ2v) is 5.51. The number of ether oxygens (including phenoxy) is 1. The normalized spacial score (nSPS) is 14.6. The molecular weight excluding hydrogens is 226 g/mol. The number of methoxy groups -OCH3 is 1. The third-order valence-electron chi connectivity index (χ3n) is 2.86. The van der Waals surface area contributed by atoms with E-state index in [2.05, 4.69) is 19.2 Å². The Labute approximate surface area is 110 Å². The summed E-state index contributed by atoms with van der Waals surface area (Å²) in [6.45, 7) is 7.41. The van der Waals surface area contributed by atoms with Gasteiger partial charge in [0.15, 0.2) is 0 Å². The zero-order chi connectivity index (χ0) is 13.6. The first kappa shape index (κ1) is 15.0. The minimum absolute atomic E-state index is 0.494. The fraction of sp³-hybridized carbons (Fsp3) is 0.600. The largest absolute Gasteiger partial charge is 0.496 e. The van der Waals surface area contributed by atoms with Crippen molar-refractivity contribution in [3.8, 4) is 5.75 Å². The van der Waals surface area contributed by atoms with Crippen molar-refractivity contribution in [1.82, 2.24) is 5.32 Å². The summed E-state index contributed by atoms with van der Waals surface area (Å²) in [4.78, 5) is 0. The van der Waals surface area contributed by atoms with Crippen LogP contribution in [0.1, 0.15) is 32.8 Å². The highest BCUT2D eigenvalue weighted by molar-refractivity contribution is 5.32. The lowest BCUT2D eigenvalue weighted by Crippen LogP contribution is -2.38. The summed E-state index contributed by atoms with van der Waals surface area (Å²) in [5, 5.41) is 13.5. The highest BCUT2D eigenvalue weighted by Crippen LogP contribution is 2.18. The number of nitrogens with one attached hydrogen (secondary N) is 1. The molecule has 102 valence electrons. The van der Waals surface area contributed by atoms with E-state index in [9.17, 15) is 5.11 Å². The predicted octanol–water partition coefficient (Wildman–Crippen LogP) is 2.58. The van der Waals surface area contributed by atoms with Crippen molar-refractivity contribution in [2.45, 2.75) is 39.3 Å². The molecule has 0 aromatic heterocycles. The van der Waals surface area contributed by atoms with E-state index in [1.165, 1.54) is 0 Å². The molecule has 2 N–H and O–H groups in total. The first-order valence-corrected chi connectivity index (χ1v) is 6.49. The van der Waals surface area contributed by atoms with Gasteiger partial charge in [0, 0.05) is 18.7 Å².